The number of aryl methyl sites for hydroxylation is 1. The molecule has 1 aromatic carbocycles. The fourth-order valence-corrected chi connectivity index (χ4v) is 2.10. The molecule has 2 N–H and O–H groups in total. The van der Waals surface area contributed by atoms with Gasteiger partial charge in [-0.1, -0.05) is 25.1 Å². The number of ether oxygens (including phenoxy) is 2. The van der Waals surface area contributed by atoms with Gasteiger partial charge in [0, 0.05) is 5.41 Å². The Bertz CT molecular complexity index is 375. The molecule has 100 valence electrons. The summed E-state index contributed by atoms with van der Waals surface area (Å²) in [6.07, 6.45) is 3.23. The van der Waals surface area contributed by atoms with E-state index in [1.54, 1.807) is 0 Å². The van der Waals surface area contributed by atoms with E-state index in [1.165, 1.54) is 5.56 Å². The molecule has 2 rings (SSSR count). The first-order chi connectivity index (χ1) is 8.73. The standard InChI is InChI=1S/C15H23NO2/c1-15(10-17-11-15)12-18-14-8-3-2-6-13(14)7-4-5-9-16/h2-3,6,8H,4-5,7,9-12,16H2,1H3. The van der Waals surface area contributed by atoms with E-state index in [0.717, 1.165) is 51.4 Å². The van der Waals surface area contributed by atoms with Crippen LogP contribution in [0.2, 0.25) is 0 Å². The van der Waals surface area contributed by atoms with E-state index in [9.17, 15) is 0 Å². The highest BCUT2D eigenvalue weighted by Crippen LogP contribution is 2.29. The molecule has 0 bridgehead atoms. The van der Waals surface area contributed by atoms with Crippen LogP contribution in [0.5, 0.6) is 5.75 Å². The van der Waals surface area contributed by atoms with E-state index < -0.39 is 0 Å². The summed E-state index contributed by atoms with van der Waals surface area (Å²) < 4.78 is 11.2. The minimum Gasteiger partial charge on any atom is -0.493 e. The molecule has 0 unspecified atom stereocenters. The Morgan fingerprint density at radius 3 is 2.72 bits per heavy atom. The fraction of sp³-hybridized carbons (Fsp3) is 0.600. The Hall–Kier alpha value is -1.06. The van der Waals surface area contributed by atoms with Crippen LogP contribution in [0.15, 0.2) is 24.3 Å². The van der Waals surface area contributed by atoms with Gasteiger partial charge in [0.1, 0.15) is 5.75 Å². The second kappa shape index (κ2) is 6.21. The van der Waals surface area contributed by atoms with E-state index in [1.807, 2.05) is 6.07 Å². The third kappa shape index (κ3) is 3.47. The average Bonchev–Trinajstić information content (AvgIpc) is 2.36. The van der Waals surface area contributed by atoms with Gasteiger partial charge >= 0.3 is 0 Å². The Balaban J connectivity index is 1.89. The molecule has 1 saturated heterocycles. The molecule has 0 aliphatic carbocycles. The van der Waals surface area contributed by atoms with Gasteiger partial charge < -0.3 is 15.2 Å². The maximum Gasteiger partial charge on any atom is 0.122 e. The normalized spacial score (nSPS) is 17.2. The average molecular weight is 249 g/mol. The van der Waals surface area contributed by atoms with E-state index in [2.05, 4.69) is 25.1 Å². The quantitative estimate of drug-likeness (QED) is 0.755. The van der Waals surface area contributed by atoms with E-state index in [-0.39, 0.29) is 5.41 Å². The van der Waals surface area contributed by atoms with Gasteiger partial charge in [0.2, 0.25) is 0 Å². The van der Waals surface area contributed by atoms with Gasteiger partial charge in [-0.05, 0) is 37.4 Å². The summed E-state index contributed by atoms with van der Waals surface area (Å²) in [6.45, 7) is 5.32. The van der Waals surface area contributed by atoms with Gasteiger partial charge in [-0.25, -0.2) is 0 Å². The molecule has 18 heavy (non-hydrogen) atoms. The fourth-order valence-electron chi connectivity index (χ4n) is 2.10. The second-order valence-corrected chi connectivity index (χ2v) is 5.45. The molecule has 1 heterocycles. The lowest BCUT2D eigenvalue weighted by atomic mass is 9.90. The number of nitrogens with two attached hydrogens (primary N) is 1. The van der Waals surface area contributed by atoms with Crippen LogP contribution >= 0.6 is 0 Å². The van der Waals surface area contributed by atoms with Crippen molar-refractivity contribution in [2.24, 2.45) is 11.1 Å². The maximum absolute atomic E-state index is 5.96. The summed E-state index contributed by atoms with van der Waals surface area (Å²) in [6, 6.07) is 8.30. The summed E-state index contributed by atoms with van der Waals surface area (Å²) in [4.78, 5) is 0. The van der Waals surface area contributed by atoms with Crippen molar-refractivity contribution in [3.05, 3.63) is 29.8 Å². The monoisotopic (exact) mass is 249 g/mol. The van der Waals surface area contributed by atoms with Crippen molar-refractivity contribution in [1.29, 1.82) is 0 Å². The van der Waals surface area contributed by atoms with Crippen molar-refractivity contribution < 1.29 is 9.47 Å². The number of hydrogen-bond acceptors (Lipinski definition) is 3. The van der Waals surface area contributed by atoms with Crippen molar-refractivity contribution in [2.75, 3.05) is 26.4 Å². The molecular formula is C15H23NO2. The first kappa shape index (κ1) is 13.4. The van der Waals surface area contributed by atoms with E-state index in [0.29, 0.717) is 0 Å². The van der Waals surface area contributed by atoms with Gasteiger partial charge in [0.05, 0.1) is 19.8 Å². The first-order valence-electron chi connectivity index (χ1n) is 6.72. The first-order valence-corrected chi connectivity index (χ1v) is 6.72. The maximum atomic E-state index is 5.96. The molecular weight excluding hydrogens is 226 g/mol. The third-order valence-corrected chi connectivity index (χ3v) is 3.35. The Labute approximate surface area is 109 Å². The highest BCUT2D eigenvalue weighted by atomic mass is 16.5. The Kier molecular flexibility index (Phi) is 4.61. The number of rotatable bonds is 7. The lowest BCUT2D eigenvalue weighted by Gasteiger charge is -2.37. The van der Waals surface area contributed by atoms with Crippen molar-refractivity contribution in [2.45, 2.75) is 26.2 Å². The zero-order chi connectivity index (χ0) is 12.8. The summed E-state index contributed by atoms with van der Waals surface area (Å²) in [5, 5.41) is 0. The van der Waals surface area contributed by atoms with Crippen LogP contribution in [0, 0.1) is 5.41 Å². The number of benzene rings is 1. The van der Waals surface area contributed by atoms with Crippen LogP contribution < -0.4 is 10.5 Å². The summed E-state index contributed by atoms with van der Waals surface area (Å²) in [5.41, 5.74) is 7.01. The lowest BCUT2D eigenvalue weighted by Crippen LogP contribution is -2.44. The topological polar surface area (TPSA) is 44.5 Å². The highest BCUT2D eigenvalue weighted by Gasteiger charge is 2.34. The molecule has 3 nitrogen and oxygen atoms in total. The van der Waals surface area contributed by atoms with Gasteiger partial charge in [-0.2, -0.15) is 0 Å². The smallest absolute Gasteiger partial charge is 0.122 e. The molecule has 1 aliphatic rings. The zero-order valence-electron chi connectivity index (χ0n) is 11.2. The van der Waals surface area contributed by atoms with Crippen LogP contribution in [0.1, 0.15) is 25.3 Å². The summed E-state index contributed by atoms with van der Waals surface area (Å²) >= 11 is 0. The van der Waals surface area contributed by atoms with E-state index >= 15 is 0 Å². The van der Waals surface area contributed by atoms with Crippen molar-refractivity contribution in [3.8, 4) is 5.75 Å². The zero-order valence-corrected chi connectivity index (χ0v) is 11.2. The van der Waals surface area contributed by atoms with Crippen LogP contribution in [-0.2, 0) is 11.2 Å². The summed E-state index contributed by atoms with van der Waals surface area (Å²) in [5.74, 6) is 1.02. The Morgan fingerprint density at radius 2 is 2.06 bits per heavy atom. The van der Waals surface area contributed by atoms with Crippen molar-refractivity contribution >= 4 is 0 Å². The predicted molar refractivity (Wildman–Crippen MR) is 72.9 cm³/mol. The molecule has 3 heteroatoms. The highest BCUT2D eigenvalue weighted by molar-refractivity contribution is 5.33. The van der Waals surface area contributed by atoms with Gasteiger partial charge in [-0.3, -0.25) is 0 Å². The molecule has 1 fully saturated rings. The lowest BCUT2D eigenvalue weighted by molar-refractivity contribution is -0.120. The Morgan fingerprint density at radius 1 is 1.28 bits per heavy atom. The van der Waals surface area contributed by atoms with Gasteiger partial charge in [0.15, 0.2) is 0 Å². The minimum absolute atomic E-state index is 0.199. The molecule has 0 radical (unpaired) electrons. The second-order valence-electron chi connectivity index (χ2n) is 5.45. The molecule has 0 atom stereocenters. The van der Waals surface area contributed by atoms with Crippen LogP contribution in [0.25, 0.3) is 0 Å². The van der Waals surface area contributed by atoms with Gasteiger partial charge in [0.25, 0.3) is 0 Å². The van der Waals surface area contributed by atoms with Crippen molar-refractivity contribution in [1.82, 2.24) is 0 Å². The predicted octanol–water partition coefficient (Wildman–Crippen LogP) is 2.38. The van der Waals surface area contributed by atoms with Crippen LogP contribution in [0.4, 0.5) is 0 Å². The molecule has 0 amide bonds. The largest absolute Gasteiger partial charge is 0.493 e. The van der Waals surface area contributed by atoms with E-state index in [4.69, 9.17) is 15.2 Å². The van der Waals surface area contributed by atoms with Crippen molar-refractivity contribution in [3.63, 3.8) is 0 Å². The number of para-hydroxylation sites is 1. The third-order valence-electron chi connectivity index (χ3n) is 3.35. The summed E-state index contributed by atoms with van der Waals surface area (Å²) in [7, 11) is 0. The molecule has 0 spiro atoms. The van der Waals surface area contributed by atoms with Gasteiger partial charge in [-0.15, -0.1) is 0 Å². The minimum atomic E-state index is 0.199. The van der Waals surface area contributed by atoms with Crippen LogP contribution in [0.3, 0.4) is 0 Å². The molecule has 0 saturated carbocycles. The van der Waals surface area contributed by atoms with Crippen LogP contribution in [-0.4, -0.2) is 26.4 Å². The molecule has 1 aromatic rings. The number of hydrogen-bond donors (Lipinski definition) is 1. The number of unbranched alkanes of at least 4 members (excludes halogenated alkanes) is 1. The SMILES string of the molecule is CC1(COc2ccccc2CCCCN)COC1. The molecule has 1 aliphatic heterocycles. The molecule has 0 aromatic heterocycles.